The smallest absolute Gasteiger partial charge is 0.392 e. The highest BCUT2D eigenvalue weighted by atomic mass is 19.4. The zero-order valence-electron chi connectivity index (χ0n) is 17.6. The summed E-state index contributed by atoms with van der Waals surface area (Å²) in [5.74, 6) is -1.64. The van der Waals surface area contributed by atoms with E-state index in [0.717, 1.165) is 22.7 Å². The molecule has 5 nitrogen and oxygen atoms in total. The molecule has 0 saturated heterocycles. The molecule has 8 heteroatoms. The van der Waals surface area contributed by atoms with E-state index in [0.29, 0.717) is 23.2 Å². The van der Waals surface area contributed by atoms with E-state index in [9.17, 15) is 18.0 Å². The van der Waals surface area contributed by atoms with E-state index in [2.05, 4.69) is 10.3 Å². The lowest BCUT2D eigenvalue weighted by molar-refractivity contribution is -0.175. The van der Waals surface area contributed by atoms with Crippen LogP contribution in [0, 0.1) is 11.3 Å². The lowest BCUT2D eigenvalue weighted by Gasteiger charge is -2.24. The molecule has 1 aliphatic rings. The van der Waals surface area contributed by atoms with Gasteiger partial charge in [-0.3, -0.25) is 9.78 Å². The summed E-state index contributed by atoms with van der Waals surface area (Å²) in [6, 6.07) is 7.16. The lowest BCUT2D eigenvalue weighted by Crippen LogP contribution is -2.28. The minimum atomic E-state index is -4.17. The van der Waals surface area contributed by atoms with Gasteiger partial charge in [0.05, 0.1) is 23.5 Å². The fourth-order valence-corrected chi connectivity index (χ4v) is 3.37. The molecule has 1 aromatic carbocycles. The molecule has 1 unspecified atom stereocenters. The standard InChI is InChI=1S/C21H21F3N4O.C2H6/c22-21(23,24)16-6-4-13(5-7-16)18-3-1-2-14-10-15(11-27-19(14)18)20(29)28-12-17(26)8-9-25;1-2/h1-4,8-11,16,25H,5-7,12,26H2,(H,28,29);1-2H3/b17-8-,25-9?;. The van der Waals surface area contributed by atoms with E-state index in [4.69, 9.17) is 11.1 Å². The summed E-state index contributed by atoms with van der Waals surface area (Å²) in [5, 5.41) is 10.3. The van der Waals surface area contributed by atoms with E-state index in [1.54, 1.807) is 12.1 Å². The van der Waals surface area contributed by atoms with Gasteiger partial charge in [-0.25, -0.2) is 0 Å². The number of alkyl halides is 3. The molecule has 0 fully saturated rings. The van der Waals surface area contributed by atoms with Crippen molar-refractivity contribution in [1.29, 1.82) is 5.41 Å². The zero-order valence-corrected chi connectivity index (χ0v) is 17.6. The normalized spacial score (nSPS) is 16.7. The van der Waals surface area contributed by atoms with Gasteiger partial charge in [0.1, 0.15) is 0 Å². The number of para-hydroxylation sites is 1. The molecule has 0 spiro atoms. The van der Waals surface area contributed by atoms with Crippen LogP contribution in [0.4, 0.5) is 13.2 Å². The number of hydrogen-bond acceptors (Lipinski definition) is 4. The van der Waals surface area contributed by atoms with Crippen molar-refractivity contribution in [2.75, 3.05) is 6.54 Å². The van der Waals surface area contributed by atoms with Crippen LogP contribution in [0.15, 0.2) is 48.3 Å². The molecular weight excluding hydrogens is 405 g/mol. The van der Waals surface area contributed by atoms with Gasteiger partial charge in [-0.05, 0) is 37.0 Å². The van der Waals surface area contributed by atoms with Crippen LogP contribution in [0.3, 0.4) is 0 Å². The minimum absolute atomic E-state index is 0.0274. The molecule has 31 heavy (non-hydrogen) atoms. The molecule has 0 aliphatic heterocycles. The number of nitrogens with two attached hydrogens (primary N) is 1. The van der Waals surface area contributed by atoms with Gasteiger partial charge in [0, 0.05) is 29.1 Å². The molecule has 4 N–H and O–H groups in total. The highest BCUT2D eigenvalue weighted by Gasteiger charge is 2.39. The fraction of sp³-hybridized carbons (Fsp3) is 0.348. The van der Waals surface area contributed by atoms with E-state index in [-0.39, 0.29) is 25.3 Å². The van der Waals surface area contributed by atoms with Crippen LogP contribution in [0.2, 0.25) is 0 Å². The lowest BCUT2D eigenvalue weighted by atomic mass is 9.85. The number of allylic oxidation sites excluding steroid dienone is 3. The summed E-state index contributed by atoms with van der Waals surface area (Å²) in [4.78, 5) is 16.7. The molecule has 1 atom stereocenters. The van der Waals surface area contributed by atoms with Crippen molar-refractivity contribution in [3.8, 4) is 0 Å². The average molecular weight is 432 g/mol. The third-order valence-corrected chi connectivity index (χ3v) is 4.94. The van der Waals surface area contributed by atoms with Crippen molar-refractivity contribution in [2.45, 2.75) is 39.3 Å². The van der Waals surface area contributed by atoms with Crippen molar-refractivity contribution in [3.05, 3.63) is 59.4 Å². The number of amides is 1. The fourth-order valence-electron chi connectivity index (χ4n) is 3.37. The summed E-state index contributed by atoms with van der Waals surface area (Å²) in [7, 11) is 0. The van der Waals surface area contributed by atoms with Crippen LogP contribution in [0.5, 0.6) is 0 Å². The van der Waals surface area contributed by atoms with Crippen molar-refractivity contribution < 1.29 is 18.0 Å². The molecule has 1 aromatic heterocycles. The van der Waals surface area contributed by atoms with Gasteiger partial charge < -0.3 is 16.5 Å². The second kappa shape index (κ2) is 10.7. The second-order valence-electron chi connectivity index (χ2n) is 6.93. The van der Waals surface area contributed by atoms with Gasteiger partial charge >= 0.3 is 6.18 Å². The summed E-state index contributed by atoms with van der Waals surface area (Å²) < 4.78 is 38.7. The summed E-state index contributed by atoms with van der Waals surface area (Å²) in [6.07, 6.45) is 1.72. The monoisotopic (exact) mass is 432 g/mol. The van der Waals surface area contributed by atoms with Gasteiger partial charge in [0.15, 0.2) is 0 Å². The summed E-state index contributed by atoms with van der Waals surface area (Å²) >= 11 is 0. The first-order valence-corrected chi connectivity index (χ1v) is 10.2. The number of carbonyl (C=O) groups is 1. The second-order valence-corrected chi connectivity index (χ2v) is 6.93. The number of nitrogens with zero attached hydrogens (tertiary/aromatic N) is 1. The highest BCUT2D eigenvalue weighted by Crippen LogP contribution is 2.40. The third-order valence-electron chi connectivity index (χ3n) is 4.94. The molecule has 0 radical (unpaired) electrons. The van der Waals surface area contributed by atoms with Crippen LogP contribution in [-0.4, -0.2) is 29.8 Å². The SMILES string of the molecule is CC.N=C/C=C(\N)CNC(=O)c1cnc2c(C3=CCC(C(F)(F)F)CC3)cccc2c1. The first-order valence-electron chi connectivity index (χ1n) is 10.2. The molecule has 0 saturated carbocycles. The number of benzene rings is 1. The number of nitrogens with one attached hydrogen (secondary N) is 2. The quantitative estimate of drug-likeness (QED) is 0.565. The van der Waals surface area contributed by atoms with Crippen LogP contribution >= 0.6 is 0 Å². The van der Waals surface area contributed by atoms with E-state index in [1.807, 2.05) is 32.0 Å². The van der Waals surface area contributed by atoms with E-state index < -0.39 is 12.1 Å². The number of carbonyl (C=O) groups excluding carboxylic acids is 1. The predicted molar refractivity (Wildman–Crippen MR) is 118 cm³/mol. The zero-order chi connectivity index (χ0) is 23.0. The number of pyridine rings is 1. The molecule has 1 heterocycles. The Labute approximate surface area is 179 Å². The van der Waals surface area contributed by atoms with Gasteiger partial charge in [-0.1, -0.05) is 38.1 Å². The molecular formula is C23H27F3N4O. The van der Waals surface area contributed by atoms with Crippen LogP contribution in [0.25, 0.3) is 16.5 Å². The van der Waals surface area contributed by atoms with Crippen molar-refractivity contribution in [2.24, 2.45) is 11.7 Å². The first-order chi connectivity index (χ1) is 14.8. The maximum Gasteiger partial charge on any atom is 0.392 e. The van der Waals surface area contributed by atoms with Gasteiger partial charge in [-0.2, -0.15) is 13.2 Å². The van der Waals surface area contributed by atoms with Crippen LogP contribution in [0.1, 0.15) is 49.0 Å². The van der Waals surface area contributed by atoms with Gasteiger partial charge in [0.25, 0.3) is 5.91 Å². The molecule has 1 amide bonds. The Hall–Kier alpha value is -3.16. The Morgan fingerprint density at radius 3 is 2.71 bits per heavy atom. The van der Waals surface area contributed by atoms with Crippen molar-refractivity contribution >= 4 is 28.6 Å². The Kier molecular flexibility index (Phi) is 8.36. The number of fused-ring (bicyclic) bond motifs is 1. The average Bonchev–Trinajstić information content (AvgIpc) is 2.77. The first kappa shape index (κ1) is 24.1. The number of aromatic nitrogens is 1. The Morgan fingerprint density at radius 1 is 1.35 bits per heavy atom. The Balaban J connectivity index is 0.00000166. The number of halogens is 3. The molecule has 1 aliphatic carbocycles. The van der Waals surface area contributed by atoms with E-state index >= 15 is 0 Å². The predicted octanol–water partition coefficient (Wildman–Crippen LogP) is 5.23. The number of rotatable bonds is 5. The molecule has 3 rings (SSSR count). The van der Waals surface area contributed by atoms with Crippen LogP contribution in [-0.2, 0) is 0 Å². The van der Waals surface area contributed by atoms with Gasteiger partial charge in [0.2, 0.25) is 0 Å². The molecule has 0 bridgehead atoms. The minimum Gasteiger partial charge on any atom is -0.401 e. The van der Waals surface area contributed by atoms with E-state index in [1.165, 1.54) is 12.3 Å². The van der Waals surface area contributed by atoms with Crippen molar-refractivity contribution in [1.82, 2.24) is 10.3 Å². The molecule has 166 valence electrons. The van der Waals surface area contributed by atoms with Gasteiger partial charge in [-0.15, -0.1) is 0 Å². The van der Waals surface area contributed by atoms with Crippen molar-refractivity contribution in [3.63, 3.8) is 0 Å². The summed E-state index contributed by atoms with van der Waals surface area (Å²) in [6.45, 7) is 4.11. The maximum absolute atomic E-state index is 12.9. The van der Waals surface area contributed by atoms with Crippen LogP contribution < -0.4 is 11.1 Å². The highest BCUT2D eigenvalue weighted by molar-refractivity contribution is 5.99. The largest absolute Gasteiger partial charge is 0.401 e. The third kappa shape index (κ3) is 6.16. The maximum atomic E-state index is 12.9. The summed E-state index contributed by atoms with van der Waals surface area (Å²) in [5.41, 5.74) is 8.66. The number of hydrogen-bond donors (Lipinski definition) is 3. The Morgan fingerprint density at radius 2 is 2.10 bits per heavy atom. The molecule has 2 aromatic rings. The topological polar surface area (TPSA) is 91.9 Å². The Bertz CT molecular complexity index is 996.